The fourth-order valence-corrected chi connectivity index (χ4v) is 2.42. The van der Waals surface area contributed by atoms with E-state index in [2.05, 4.69) is 9.97 Å². The number of hydrogen-bond acceptors (Lipinski definition) is 3. The number of H-pyrrole nitrogens is 1. The number of hydrogen-bond donors (Lipinski definition) is 2. The Kier molecular flexibility index (Phi) is 3.39. The van der Waals surface area contributed by atoms with E-state index in [1.54, 1.807) is 0 Å². The van der Waals surface area contributed by atoms with Crippen molar-refractivity contribution in [3.63, 3.8) is 0 Å². The van der Waals surface area contributed by atoms with Crippen molar-refractivity contribution in [3.05, 3.63) is 27.9 Å². The summed E-state index contributed by atoms with van der Waals surface area (Å²) in [5, 5.41) is 0. The monoisotopic (exact) mass is 221 g/mol. The molecule has 0 bridgehead atoms. The second kappa shape index (κ2) is 4.78. The number of nitrogens with two attached hydrogens (primary N) is 1. The Morgan fingerprint density at radius 1 is 1.56 bits per heavy atom. The summed E-state index contributed by atoms with van der Waals surface area (Å²) in [6.45, 7) is 1.94. The van der Waals surface area contributed by atoms with Gasteiger partial charge in [0.15, 0.2) is 0 Å². The molecule has 2 rings (SSSR count). The van der Waals surface area contributed by atoms with E-state index in [1.165, 1.54) is 12.8 Å². The molecule has 3 N–H and O–H groups in total. The summed E-state index contributed by atoms with van der Waals surface area (Å²) < 4.78 is 0. The Balaban J connectivity index is 2.24. The van der Waals surface area contributed by atoms with Crippen LogP contribution in [0.1, 0.15) is 49.9 Å². The molecule has 0 spiro atoms. The van der Waals surface area contributed by atoms with Gasteiger partial charge in [0.25, 0.3) is 0 Å². The predicted octanol–water partition coefficient (Wildman–Crippen LogP) is 1.32. The van der Waals surface area contributed by atoms with Crippen molar-refractivity contribution >= 4 is 0 Å². The van der Waals surface area contributed by atoms with E-state index in [-0.39, 0.29) is 11.7 Å². The van der Waals surface area contributed by atoms with Crippen LogP contribution >= 0.6 is 0 Å². The third-order valence-corrected chi connectivity index (χ3v) is 3.14. The Hall–Kier alpha value is -1.16. The standard InChI is InChI=1S/C12H19N3O/c1-8(13)6-10-7-11(15-12(16)14-10)9-4-2-3-5-9/h7-9H,2-6,13H2,1H3,(H,14,15,16). The van der Waals surface area contributed by atoms with E-state index in [9.17, 15) is 4.79 Å². The van der Waals surface area contributed by atoms with Gasteiger partial charge in [-0.05, 0) is 25.8 Å². The lowest BCUT2D eigenvalue weighted by molar-refractivity contribution is 0.669. The molecular formula is C12H19N3O. The molecule has 1 atom stereocenters. The zero-order valence-corrected chi connectivity index (χ0v) is 9.70. The smallest absolute Gasteiger partial charge is 0.328 e. The fourth-order valence-electron chi connectivity index (χ4n) is 2.42. The van der Waals surface area contributed by atoms with Crippen molar-refractivity contribution in [2.75, 3.05) is 0 Å². The molecule has 0 aromatic carbocycles. The second-order valence-corrected chi connectivity index (χ2v) is 4.80. The van der Waals surface area contributed by atoms with Gasteiger partial charge in [0.2, 0.25) is 0 Å². The minimum atomic E-state index is -0.236. The summed E-state index contributed by atoms with van der Waals surface area (Å²) in [7, 11) is 0. The van der Waals surface area contributed by atoms with Crippen LogP contribution < -0.4 is 11.4 Å². The van der Waals surface area contributed by atoms with Crippen molar-refractivity contribution in [3.8, 4) is 0 Å². The minimum absolute atomic E-state index is 0.0643. The van der Waals surface area contributed by atoms with Gasteiger partial charge in [-0.25, -0.2) is 4.79 Å². The summed E-state index contributed by atoms with van der Waals surface area (Å²) in [5.41, 5.74) is 7.37. The summed E-state index contributed by atoms with van der Waals surface area (Å²) >= 11 is 0. The Labute approximate surface area is 95.3 Å². The van der Waals surface area contributed by atoms with E-state index in [1.807, 2.05) is 13.0 Å². The maximum atomic E-state index is 11.4. The molecule has 0 saturated heterocycles. The van der Waals surface area contributed by atoms with E-state index >= 15 is 0 Å². The molecule has 1 saturated carbocycles. The van der Waals surface area contributed by atoms with Crippen LogP contribution in [0.3, 0.4) is 0 Å². The van der Waals surface area contributed by atoms with Gasteiger partial charge < -0.3 is 10.7 Å². The topological polar surface area (TPSA) is 71.8 Å². The van der Waals surface area contributed by atoms with Gasteiger partial charge in [-0.2, -0.15) is 4.98 Å². The number of aromatic amines is 1. The lowest BCUT2D eigenvalue weighted by Crippen LogP contribution is -2.23. The minimum Gasteiger partial charge on any atom is -0.328 e. The van der Waals surface area contributed by atoms with Gasteiger partial charge in [-0.3, -0.25) is 0 Å². The van der Waals surface area contributed by atoms with Crippen molar-refractivity contribution < 1.29 is 0 Å². The molecule has 1 aliphatic carbocycles. The molecule has 1 fully saturated rings. The second-order valence-electron chi connectivity index (χ2n) is 4.80. The molecule has 1 aliphatic rings. The molecule has 0 aliphatic heterocycles. The number of nitrogens with zero attached hydrogens (tertiary/aromatic N) is 1. The maximum Gasteiger partial charge on any atom is 0.345 e. The van der Waals surface area contributed by atoms with Crippen molar-refractivity contribution in [2.24, 2.45) is 5.73 Å². The third-order valence-electron chi connectivity index (χ3n) is 3.14. The summed E-state index contributed by atoms with van der Waals surface area (Å²) in [6, 6.07) is 2.08. The van der Waals surface area contributed by atoms with Gasteiger partial charge in [-0.15, -0.1) is 0 Å². The predicted molar refractivity (Wildman–Crippen MR) is 63.4 cm³/mol. The van der Waals surface area contributed by atoms with Crippen molar-refractivity contribution in [1.29, 1.82) is 0 Å². The lowest BCUT2D eigenvalue weighted by Gasteiger charge is -2.10. The molecule has 4 heteroatoms. The van der Waals surface area contributed by atoms with E-state index < -0.39 is 0 Å². The van der Waals surface area contributed by atoms with Crippen LogP contribution in [-0.4, -0.2) is 16.0 Å². The highest BCUT2D eigenvalue weighted by atomic mass is 16.1. The van der Waals surface area contributed by atoms with Gasteiger partial charge >= 0.3 is 5.69 Å². The van der Waals surface area contributed by atoms with E-state index in [0.717, 1.165) is 24.2 Å². The first-order chi connectivity index (χ1) is 7.65. The number of nitrogens with one attached hydrogen (secondary N) is 1. The number of rotatable bonds is 3. The maximum absolute atomic E-state index is 11.4. The van der Waals surface area contributed by atoms with Gasteiger partial charge in [0.1, 0.15) is 0 Å². The quantitative estimate of drug-likeness (QED) is 0.808. The Morgan fingerprint density at radius 3 is 2.88 bits per heavy atom. The first-order valence-electron chi connectivity index (χ1n) is 6.01. The lowest BCUT2D eigenvalue weighted by atomic mass is 10.0. The zero-order valence-electron chi connectivity index (χ0n) is 9.70. The van der Waals surface area contributed by atoms with Crippen molar-refractivity contribution in [1.82, 2.24) is 9.97 Å². The third kappa shape index (κ3) is 2.70. The summed E-state index contributed by atoms with van der Waals surface area (Å²) in [6.07, 6.45) is 5.53. The molecule has 16 heavy (non-hydrogen) atoms. The van der Waals surface area contributed by atoms with Crippen molar-refractivity contribution in [2.45, 2.75) is 51.0 Å². The van der Waals surface area contributed by atoms with Crippen LogP contribution in [0.5, 0.6) is 0 Å². The highest BCUT2D eigenvalue weighted by Gasteiger charge is 2.19. The highest BCUT2D eigenvalue weighted by molar-refractivity contribution is 5.14. The first kappa shape index (κ1) is 11.3. The Morgan fingerprint density at radius 2 is 2.25 bits per heavy atom. The summed E-state index contributed by atoms with van der Waals surface area (Å²) in [4.78, 5) is 18.3. The molecule has 88 valence electrons. The SMILES string of the molecule is CC(N)Cc1cc(C2CCCC2)nc(=O)[nH]1. The molecule has 1 unspecified atom stereocenters. The molecule has 0 radical (unpaired) electrons. The average Bonchev–Trinajstić information content (AvgIpc) is 2.67. The molecule has 0 amide bonds. The van der Waals surface area contributed by atoms with Crippen LogP contribution in [0.25, 0.3) is 0 Å². The highest BCUT2D eigenvalue weighted by Crippen LogP contribution is 2.32. The van der Waals surface area contributed by atoms with E-state index in [0.29, 0.717) is 12.3 Å². The van der Waals surface area contributed by atoms with E-state index in [4.69, 9.17) is 5.73 Å². The number of aromatic nitrogens is 2. The Bertz CT molecular complexity index is 405. The zero-order chi connectivity index (χ0) is 11.5. The molecular weight excluding hydrogens is 202 g/mol. The van der Waals surface area contributed by atoms with Gasteiger partial charge in [0, 0.05) is 24.1 Å². The van der Waals surface area contributed by atoms with Gasteiger partial charge in [-0.1, -0.05) is 12.8 Å². The normalized spacial score (nSPS) is 18.9. The average molecular weight is 221 g/mol. The van der Waals surface area contributed by atoms with Crippen LogP contribution in [0, 0.1) is 0 Å². The summed E-state index contributed by atoms with van der Waals surface area (Å²) in [5.74, 6) is 0.481. The van der Waals surface area contributed by atoms with Gasteiger partial charge in [0.05, 0.1) is 5.69 Å². The molecule has 1 aromatic heterocycles. The molecule has 1 aromatic rings. The largest absolute Gasteiger partial charge is 0.345 e. The molecule has 4 nitrogen and oxygen atoms in total. The van der Waals surface area contributed by atoms with Crippen LogP contribution in [-0.2, 0) is 6.42 Å². The van der Waals surface area contributed by atoms with Crippen LogP contribution in [0.4, 0.5) is 0 Å². The van der Waals surface area contributed by atoms with Crippen LogP contribution in [0.15, 0.2) is 10.9 Å². The first-order valence-corrected chi connectivity index (χ1v) is 6.01. The van der Waals surface area contributed by atoms with Crippen LogP contribution in [0.2, 0.25) is 0 Å². The fraction of sp³-hybridized carbons (Fsp3) is 0.667. The molecule has 1 heterocycles.